The molecular weight excluding hydrogens is 382 g/mol. The summed E-state index contributed by atoms with van der Waals surface area (Å²) in [7, 11) is 1.63. The minimum absolute atomic E-state index is 0.182. The topological polar surface area (TPSA) is 63.2 Å². The number of hydrogen-bond donors (Lipinski definition) is 2. The predicted octanol–water partition coefficient (Wildman–Crippen LogP) is 4.85. The van der Waals surface area contributed by atoms with Crippen LogP contribution in [-0.4, -0.2) is 18.0 Å². The molecule has 3 rings (SSSR count). The van der Waals surface area contributed by atoms with Crippen molar-refractivity contribution in [3.63, 3.8) is 0 Å². The molecule has 3 aromatic rings. The van der Waals surface area contributed by atoms with E-state index in [2.05, 4.69) is 31.5 Å². The zero-order chi connectivity index (χ0) is 17.6. The zero-order valence-electron chi connectivity index (χ0n) is 13.5. The second-order valence-corrected chi connectivity index (χ2v) is 6.17. The number of anilines is 3. The quantitative estimate of drug-likeness (QED) is 0.645. The van der Waals surface area contributed by atoms with E-state index in [1.54, 1.807) is 37.6 Å². The number of rotatable bonds is 5. The normalized spacial score (nSPS) is 10.2. The molecule has 0 aliphatic rings. The van der Waals surface area contributed by atoms with E-state index >= 15 is 0 Å². The fourth-order valence-electron chi connectivity index (χ4n) is 2.20. The zero-order valence-corrected chi connectivity index (χ0v) is 15.1. The minimum Gasteiger partial charge on any atom is -0.497 e. The summed E-state index contributed by atoms with van der Waals surface area (Å²) in [5.74, 6) is 1.30. The number of carbonyl (C=O) groups excluding carboxylic acids is 1. The number of ether oxygens (including phenoxy) is 1. The molecule has 0 fully saturated rings. The molecule has 1 heterocycles. The lowest BCUT2D eigenvalue weighted by molar-refractivity contribution is 0.102. The van der Waals surface area contributed by atoms with Gasteiger partial charge in [-0.15, -0.1) is 0 Å². The lowest BCUT2D eigenvalue weighted by atomic mass is 10.2. The van der Waals surface area contributed by atoms with Crippen LogP contribution in [0.5, 0.6) is 5.75 Å². The number of aromatic nitrogens is 1. The SMILES string of the molecule is COc1ccc(Nc2ccc(NC(=O)c3cccc(Br)c3)cn2)cc1. The van der Waals surface area contributed by atoms with Gasteiger partial charge in [-0.2, -0.15) is 0 Å². The van der Waals surface area contributed by atoms with E-state index in [9.17, 15) is 4.79 Å². The molecular formula is C19H16BrN3O2. The average Bonchev–Trinajstić information content (AvgIpc) is 2.64. The van der Waals surface area contributed by atoms with E-state index in [0.29, 0.717) is 17.1 Å². The van der Waals surface area contributed by atoms with Crippen LogP contribution < -0.4 is 15.4 Å². The number of nitrogens with zero attached hydrogens (tertiary/aromatic N) is 1. The van der Waals surface area contributed by atoms with E-state index in [-0.39, 0.29) is 5.91 Å². The van der Waals surface area contributed by atoms with E-state index in [1.165, 1.54) is 0 Å². The van der Waals surface area contributed by atoms with Crippen LogP contribution in [0.15, 0.2) is 71.3 Å². The van der Waals surface area contributed by atoms with E-state index in [1.807, 2.05) is 36.4 Å². The van der Waals surface area contributed by atoms with Gasteiger partial charge in [0.1, 0.15) is 11.6 Å². The Labute approximate surface area is 154 Å². The van der Waals surface area contributed by atoms with E-state index in [4.69, 9.17) is 4.74 Å². The van der Waals surface area contributed by atoms with Crippen LogP contribution in [0.2, 0.25) is 0 Å². The van der Waals surface area contributed by atoms with Gasteiger partial charge in [-0.1, -0.05) is 22.0 Å². The van der Waals surface area contributed by atoms with Crippen LogP contribution in [0.25, 0.3) is 0 Å². The van der Waals surface area contributed by atoms with Gasteiger partial charge < -0.3 is 15.4 Å². The Kier molecular flexibility index (Phi) is 5.30. The van der Waals surface area contributed by atoms with Crippen LogP contribution in [0.4, 0.5) is 17.2 Å². The highest BCUT2D eigenvalue weighted by Gasteiger charge is 2.07. The van der Waals surface area contributed by atoms with Gasteiger partial charge in [-0.05, 0) is 54.6 Å². The average molecular weight is 398 g/mol. The monoisotopic (exact) mass is 397 g/mol. The van der Waals surface area contributed by atoms with Gasteiger partial charge in [-0.3, -0.25) is 4.79 Å². The number of methoxy groups -OCH3 is 1. The first-order chi connectivity index (χ1) is 12.1. The van der Waals surface area contributed by atoms with Crippen molar-refractivity contribution in [1.29, 1.82) is 0 Å². The molecule has 0 radical (unpaired) electrons. The standard InChI is InChI=1S/C19H16BrN3O2/c1-25-17-8-5-15(6-9-17)22-18-10-7-16(12-21-18)23-19(24)13-3-2-4-14(20)11-13/h2-12H,1H3,(H,21,22)(H,23,24). The van der Waals surface area contributed by atoms with Crippen molar-refractivity contribution in [2.45, 2.75) is 0 Å². The fourth-order valence-corrected chi connectivity index (χ4v) is 2.60. The van der Waals surface area contributed by atoms with Crippen molar-refractivity contribution in [3.05, 3.63) is 76.9 Å². The van der Waals surface area contributed by atoms with E-state index < -0.39 is 0 Å². The molecule has 6 heteroatoms. The van der Waals surface area contributed by atoms with Gasteiger partial charge in [0, 0.05) is 15.7 Å². The van der Waals surface area contributed by atoms with Gasteiger partial charge in [-0.25, -0.2) is 4.98 Å². The Morgan fingerprint density at radius 3 is 2.44 bits per heavy atom. The molecule has 1 aromatic heterocycles. The molecule has 1 amide bonds. The first-order valence-corrected chi connectivity index (χ1v) is 8.37. The summed E-state index contributed by atoms with van der Waals surface area (Å²) in [6.45, 7) is 0. The Morgan fingerprint density at radius 2 is 1.80 bits per heavy atom. The summed E-state index contributed by atoms with van der Waals surface area (Å²) in [5.41, 5.74) is 2.11. The van der Waals surface area contributed by atoms with E-state index in [0.717, 1.165) is 15.9 Å². The Morgan fingerprint density at radius 1 is 1.04 bits per heavy atom. The largest absolute Gasteiger partial charge is 0.497 e. The highest BCUT2D eigenvalue weighted by molar-refractivity contribution is 9.10. The lowest BCUT2D eigenvalue weighted by Crippen LogP contribution is -2.12. The van der Waals surface area contributed by atoms with Crippen molar-refractivity contribution in [2.24, 2.45) is 0 Å². The van der Waals surface area contributed by atoms with Crippen molar-refractivity contribution >= 4 is 39.0 Å². The lowest BCUT2D eigenvalue weighted by Gasteiger charge is -2.08. The van der Waals surface area contributed by atoms with Gasteiger partial charge in [0.2, 0.25) is 0 Å². The molecule has 126 valence electrons. The molecule has 25 heavy (non-hydrogen) atoms. The van der Waals surface area contributed by atoms with Crippen molar-refractivity contribution in [1.82, 2.24) is 4.98 Å². The van der Waals surface area contributed by atoms with Crippen LogP contribution in [0.3, 0.4) is 0 Å². The minimum atomic E-state index is -0.182. The van der Waals surface area contributed by atoms with Crippen molar-refractivity contribution < 1.29 is 9.53 Å². The number of amides is 1. The second-order valence-electron chi connectivity index (χ2n) is 5.25. The first-order valence-electron chi connectivity index (χ1n) is 7.58. The number of pyridine rings is 1. The fraction of sp³-hybridized carbons (Fsp3) is 0.0526. The Bertz CT molecular complexity index is 865. The highest BCUT2D eigenvalue weighted by atomic mass is 79.9. The molecule has 0 saturated carbocycles. The second kappa shape index (κ2) is 7.81. The maximum Gasteiger partial charge on any atom is 0.255 e. The molecule has 0 atom stereocenters. The maximum absolute atomic E-state index is 12.2. The highest BCUT2D eigenvalue weighted by Crippen LogP contribution is 2.20. The third-order valence-electron chi connectivity index (χ3n) is 3.47. The van der Waals surface area contributed by atoms with Gasteiger partial charge in [0.15, 0.2) is 0 Å². The third kappa shape index (κ3) is 4.58. The number of halogens is 1. The molecule has 0 aliphatic heterocycles. The Balaban J connectivity index is 1.64. The van der Waals surface area contributed by atoms with Crippen LogP contribution in [0.1, 0.15) is 10.4 Å². The van der Waals surface area contributed by atoms with Crippen LogP contribution in [0, 0.1) is 0 Å². The molecule has 5 nitrogen and oxygen atoms in total. The third-order valence-corrected chi connectivity index (χ3v) is 3.96. The Hall–Kier alpha value is -2.86. The molecule has 0 aliphatic carbocycles. The van der Waals surface area contributed by atoms with Gasteiger partial charge >= 0.3 is 0 Å². The summed E-state index contributed by atoms with van der Waals surface area (Å²) >= 11 is 3.36. The van der Waals surface area contributed by atoms with Crippen molar-refractivity contribution in [2.75, 3.05) is 17.7 Å². The molecule has 2 aromatic carbocycles. The number of hydrogen-bond acceptors (Lipinski definition) is 4. The predicted molar refractivity (Wildman–Crippen MR) is 103 cm³/mol. The van der Waals surface area contributed by atoms with Crippen molar-refractivity contribution in [3.8, 4) is 5.75 Å². The molecule has 0 spiro atoms. The molecule has 0 saturated heterocycles. The molecule has 0 bridgehead atoms. The van der Waals surface area contributed by atoms with Gasteiger partial charge in [0.25, 0.3) is 5.91 Å². The number of benzene rings is 2. The summed E-state index contributed by atoms with van der Waals surface area (Å²) in [5, 5.41) is 6.01. The van der Waals surface area contributed by atoms with Crippen LogP contribution in [-0.2, 0) is 0 Å². The summed E-state index contributed by atoms with van der Waals surface area (Å²) in [6.07, 6.45) is 1.61. The first kappa shape index (κ1) is 17.0. The maximum atomic E-state index is 12.2. The summed E-state index contributed by atoms with van der Waals surface area (Å²) in [4.78, 5) is 16.5. The summed E-state index contributed by atoms with van der Waals surface area (Å²) < 4.78 is 5.99. The summed E-state index contributed by atoms with van der Waals surface area (Å²) in [6, 6.07) is 18.4. The van der Waals surface area contributed by atoms with Crippen LogP contribution >= 0.6 is 15.9 Å². The number of carbonyl (C=O) groups is 1. The molecule has 0 unspecified atom stereocenters. The van der Waals surface area contributed by atoms with Gasteiger partial charge in [0.05, 0.1) is 19.0 Å². The molecule has 2 N–H and O–H groups in total. The number of nitrogens with one attached hydrogen (secondary N) is 2. The smallest absolute Gasteiger partial charge is 0.255 e.